The number of rotatable bonds is 3. The number of aryl methyl sites for hydroxylation is 1. The van der Waals surface area contributed by atoms with Crippen molar-refractivity contribution in [1.82, 2.24) is 20.3 Å². The van der Waals surface area contributed by atoms with Gasteiger partial charge in [0.15, 0.2) is 0 Å². The van der Waals surface area contributed by atoms with Crippen molar-refractivity contribution in [2.24, 2.45) is 0 Å². The molecule has 3 aromatic rings. The van der Waals surface area contributed by atoms with Gasteiger partial charge in [-0.25, -0.2) is 14.8 Å². The van der Waals surface area contributed by atoms with Gasteiger partial charge in [0.1, 0.15) is 11.5 Å². The maximum atomic E-state index is 14.0. The first kappa shape index (κ1) is 21.1. The highest BCUT2D eigenvalue weighted by Crippen LogP contribution is 2.41. The topological polar surface area (TPSA) is 73.9 Å². The minimum Gasteiger partial charge on any atom is -0.343 e. The van der Waals surface area contributed by atoms with E-state index >= 15 is 0 Å². The third kappa shape index (κ3) is 4.22. The average Bonchev–Trinajstić information content (AvgIpc) is 3.05. The number of carbonyl (C=O) groups excluding carboxylic acids is 1. The number of aromatic nitrogens is 3. The van der Waals surface area contributed by atoms with Crippen LogP contribution in [0.5, 0.6) is 0 Å². The molecule has 1 fully saturated rings. The van der Waals surface area contributed by atoms with Crippen molar-refractivity contribution in [1.29, 1.82) is 0 Å². The number of nitrogens with one attached hydrogen (secondary N) is 2. The van der Waals surface area contributed by atoms with E-state index in [1.165, 1.54) is 0 Å². The molecular weight excluding hydrogens is 395 g/mol. The summed E-state index contributed by atoms with van der Waals surface area (Å²) in [7, 11) is 1.57. The lowest BCUT2D eigenvalue weighted by Crippen LogP contribution is -2.46. The fourth-order valence-electron chi connectivity index (χ4n) is 3.35. The number of halogens is 2. The van der Waals surface area contributed by atoms with Crippen LogP contribution in [-0.4, -0.2) is 34.1 Å². The molecule has 1 saturated heterocycles. The van der Waals surface area contributed by atoms with Crippen molar-refractivity contribution in [3.8, 4) is 11.3 Å². The molecule has 2 N–H and O–H groups in total. The molecule has 9 heteroatoms. The summed E-state index contributed by atoms with van der Waals surface area (Å²) in [4.78, 5) is 25.3. The van der Waals surface area contributed by atoms with Gasteiger partial charge < -0.3 is 10.3 Å². The van der Waals surface area contributed by atoms with Gasteiger partial charge in [0.2, 0.25) is 0 Å². The number of hydrogen-bond acceptors (Lipinski definition) is 3. The van der Waals surface area contributed by atoms with Gasteiger partial charge in [-0.1, -0.05) is 29.2 Å². The zero-order valence-corrected chi connectivity index (χ0v) is 17.7. The highest BCUT2D eigenvalue weighted by Gasteiger charge is 2.31. The van der Waals surface area contributed by atoms with Crippen LogP contribution in [0.3, 0.4) is 0 Å². The van der Waals surface area contributed by atoms with Crippen molar-refractivity contribution >= 4 is 32.1 Å². The molecule has 6 nitrogen and oxygen atoms in total. The van der Waals surface area contributed by atoms with E-state index in [1.807, 2.05) is 13.8 Å². The van der Waals surface area contributed by atoms with Crippen LogP contribution < -0.4 is 10.2 Å². The van der Waals surface area contributed by atoms with E-state index in [1.54, 1.807) is 51.5 Å². The van der Waals surface area contributed by atoms with E-state index in [4.69, 9.17) is 0 Å². The van der Waals surface area contributed by atoms with Crippen molar-refractivity contribution in [2.75, 3.05) is 18.0 Å². The first-order valence-corrected chi connectivity index (χ1v) is 10.1. The Hall–Kier alpha value is -2.60. The van der Waals surface area contributed by atoms with Crippen LogP contribution in [0.25, 0.3) is 22.3 Å². The molecule has 1 unspecified atom stereocenters. The summed E-state index contributed by atoms with van der Waals surface area (Å²) < 4.78 is 28.0. The molecule has 0 saturated carbocycles. The van der Waals surface area contributed by atoms with E-state index in [0.717, 1.165) is 6.42 Å². The second-order valence-electron chi connectivity index (χ2n) is 6.49. The maximum absolute atomic E-state index is 14.0. The SMILES string of the molecule is CC.Cc1[nH]c2ncc(-c3cccc(N4CCCNC4=O)n3)cc2c1C(F)(F)P. The fraction of sp³-hybridized carbons (Fsp3) is 0.350. The number of urea groups is 1. The Bertz CT molecular complexity index is 1030. The van der Waals surface area contributed by atoms with Crippen LogP contribution in [0.4, 0.5) is 19.4 Å². The van der Waals surface area contributed by atoms with Crippen LogP contribution in [-0.2, 0) is 5.66 Å². The largest absolute Gasteiger partial charge is 0.343 e. The van der Waals surface area contributed by atoms with Crippen LogP contribution in [0.2, 0.25) is 0 Å². The lowest BCUT2D eigenvalue weighted by Gasteiger charge is -2.26. The minimum absolute atomic E-state index is 0.0941. The van der Waals surface area contributed by atoms with Crippen LogP contribution in [0.1, 0.15) is 31.5 Å². The Labute approximate surface area is 170 Å². The molecule has 0 aromatic carbocycles. The zero-order valence-electron chi connectivity index (χ0n) is 16.6. The Kier molecular flexibility index (Phi) is 6.13. The van der Waals surface area contributed by atoms with Crippen molar-refractivity contribution in [3.05, 3.63) is 41.7 Å². The molecule has 0 bridgehead atoms. The number of fused-ring (bicyclic) bond motifs is 1. The van der Waals surface area contributed by atoms with Crippen molar-refractivity contribution in [3.63, 3.8) is 0 Å². The van der Waals surface area contributed by atoms with Gasteiger partial charge in [-0.15, -0.1) is 0 Å². The number of pyridine rings is 2. The van der Waals surface area contributed by atoms with E-state index in [0.29, 0.717) is 46.9 Å². The number of carbonyl (C=O) groups is 1. The summed E-state index contributed by atoms with van der Waals surface area (Å²) in [6, 6.07) is 6.78. The van der Waals surface area contributed by atoms with E-state index in [2.05, 4.69) is 20.3 Å². The number of hydrogen-bond donors (Lipinski definition) is 2. The molecule has 0 spiro atoms. The molecule has 1 aliphatic rings. The Balaban J connectivity index is 0.00000117. The maximum Gasteiger partial charge on any atom is 0.323 e. The third-order valence-electron chi connectivity index (χ3n) is 4.56. The molecule has 0 aliphatic carbocycles. The molecule has 4 heterocycles. The molecule has 154 valence electrons. The Morgan fingerprint density at radius 3 is 2.72 bits per heavy atom. The van der Waals surface area contributed by atoms with Crippen molar-refractivity contribution < 1.29 is 13.6 Å². The number of amides is 2. The third-order valence-corrected chi connectivity index (χ3v) is 4.85. The first-order valence-electron chi connectivity index (χ1n) is 9.53. The molecule has 0 radical (unpaired) electrons. The van der Waals surface area contributed by atoms with E-state index in [9.17, 15) is 13.6 Å². The second kappa shape index (κ2) is 8.41. The zero-order chi connectivity index (χ0) is 21.2. The normalized spacial score (nSPS) is 14.4. The fourth-order valence-corrected chi connectivity index (χ4v) is 3.72. The number of aromatic amines is 1. The molecule has 2 amide bonds. The standard InChI is InChI=1S/C18H18F2N5OP.C2H6/c1-10-15(18(19,20)27)12-8-11(9-22-16(12)23-10)13-4-2-5-14(24-13)25-7-3-6-21-17(25)26;1-2/h2,4-5,8-9H,3,6-7,27H2,1H3,(H,21,26)(H,22,23);1-2H3. The van der Waals surface area contributed by atoms with Crippen LogP contribution in [0.15, 0.2) is 30.5 Å². The summed E-state index contributed by atoms with van der Waals surface area (Å²) in [5.74, 6) is 0.520. The summed E-state index contributed by atoms with van der Waals surface area (Å²) in [5, 5.41) is 3.14. The molecule has 1 aliphatic heterocycles. The van der Waals surface area contributed by atoms with Gasteiger partial charge in [0.25, 0.3) is 5.66 Å². The molecular formula is C20H24F2N5OP. The summed E-state index contributed by atoms with van der Waals surface area (Å²) in [6.07, 6.45) is 2.42. The van der Waals surface area contributed by atoms with Gasteiger partial charge in [-0.3, -0.25) is 4.90 Å². The first-order chi connectivity index (χ1) is 13.8. The van der Waals surface area contributed by atoms with Gasteiger partial charge in [-0.05, 0) is 31.5 Å². The van der Waals surface area contributed by atoms with E-state index < -0.39 is 5.66 Å². The highest BCUT2D eigenvalue weighted by molar-refractivity contribution is 7.17. The monoisotopic (exact) mass is 419 g/mol. The molecule has 29 heavy (non-hydrogen) atoms. The summed E-state index contributed by atoms with van der Waals surface area (Å²) >= 11 is 0. The second-order valence-corrected chi connectivity index (χ2v) is 7.21. The molecule has 1 atom stereocenters. The minimum atomic E-state index is -3.07. The van der Waals surface area contributed by atoms with Gasteiger partial charge in [0.05, 0.1) is 11.3 Å². The lowest BCUT2D eigenvalue weighted by molar-refractivity contribution is 0.105. The van der Waals surface area contributed by atoms with Crippen LogP contribution in [0, 0.1) is 6.92 Å². The lowest BCUT2D eigenvalue weighted by atomic mass is 10.1. The Morgan fingerprint density at radius 1 is 1.28 bits per heavy atom. The Morgan fingerprint density at radius 2 is 2.03 bits per heavy atom. The number of nitrogens with zero attached hydrogens (tertiary/aromatic N) is 3. The predicted octanol–water partition coefficient (Wildman–Crippen LogP) is 4.80. The highest BCUT2D eigenvalue weighted by atomic mass is 31.0. The molecule has 3 aromatic heterocycles. The smallest absolute Gasteiger partial charge is 0.323 e. The number of anilines is 1. The molecule has 4 rings (SSSR count). The van der Waals surface area contributed by atoms with Gasteiger partial charge in [-0.2, -0.15) is 8.78 Å². The van der Waals surface area contributed by atoms with Crippen molar-refractivity contribution in [2.45, 2.75) is 32.9 Å². The summed E-state index contributed by atoms with van der Waals surface area (Å²) in [6.45, 7) is 6.83. The van der Waals surface area contributed by atoms with Gasteiger partial charge >= 0.3 is 6.03 Å². The number of H-pyrrole nitrogens is 1. The van der Waals surface area contributed by atoms with E-state index in [-0.39, 0.29) is 11.6 Å². The average molecular weight is 419 g/mol. The predicted molar refractivity (Wildman–Crippen MR) is 114 cm³/mol. The number of alkyl halides is 2. The quantitative estimate of drug-likeness (QED) is 0.599. The van der Waals surface area contributed by atoms with Gasteiger partial charge in [0, 0.05) is 35.9 Å². The van der Waals surface area contributed by atoms with Crippen LogP contribution >= 0.6 is 9.24 Å². The summed E-state index contributed by atoms with van der Waals surface area (Å²) in [5.41, 5.74) is -1.21.